The molecule has 0 saturated carbocycles. The predicted octanol–water partition coefficient (Wildman–Crippen LogP) is -0.282. The quantitative estimate of drug-likeness (QED) is 0.738. The van der Waals surface area contributed by atoms with E-state index in [9.17, 15) is 9.59 Å². The summed E-state index contributed by atoms with van der Waals surface area (Å²) in [5, 5.41) is 6.01. The lowest BCUT2D eigenvalue weighted by atomic mass is 10.0. The summed E-state index contributed by atoms with van der Waals surface area (Å²) >= 11 is 0. The highest BCUT2D eigenvalue weighted by atomic mass is 35.5. The first-order valence-electron chi connectivity index (χ1n) is 7.07. The van der Waals surface area contributed by atoms with Crippen LogP contribution >= 0.6 is 24.8 Å². The van der Waals surface area contributed by atoms with Gasteiger partial charge in [0.15, 0.2) is 0 Å². The molecule has 2 amide bonds. The molecule has 0 aromatic carbocycles. The third-order valence-corrected chi connectivity index (χ3v) is 3.63. The molecule has 0 aromatic heterocycles. The summed E-state index contributed by atoms with van der Waals surface area (Å²) in [6.45, 7) is 9.04. The molecule has 0 atom stereocenters. The molecule has 6 nitrogen and oxygen atoms in total. The maximum absolute atomic E-state index is 12.0. The van der Waals surface area contributed by atoms with Crippen molar-refractivity contribution in [3.8, 4) is 0 Å². The molecule has 2 aliphatic rings. The van der Waals surface area contributed by atoms with Gasteiger partial charge >= 0.3 is 0 Å². The number of hydrogen-bond donors (Lipinski definition) is 2. The average molecular weight is 341 g/mol. The largest absolute Gasteiger partial charge is 0.353 e. The highest BCUT2D eigenvalue weighted by Crippen LogP contribution is 2.10. The van der Waals surface area contributed by atoms with Crippen LogP contribution in [-0.4, -0.2) is 73.5 Å². The molecule has 2 fully saturated rings. The molecule has 21 heavy (non-hydrogen) atoms. The van der Waals surface area contributed by atoms with Gasteiger partial charge in [0, 0.05) is 45.3 Å². The standard InChI is InChI=1S/C13H24N4O2.2ClH/c1-10(2)15-12(18)9-16-3-5-17(6-4-16)13(19)11-7-14-8-11;;/h10-11,14H,3-9H2,1-2H3,(H,15,18);2*1H. The normalized spacial score (nSPS) is 19.3. The van der Waals surface area contributed by atoms with Crippen LogP contribution in [0, 0.1) is 5.92 Å². The molecule has 2 aliphatic heterocycles. The third-order valence-electron chi connectivity index (χ3n) is 3.63. The molecule has 2 heterocycles. The van der Waals surface area contributed by atoms with E-state index in [2.05, 4.69) is 15.5 Å². The minimum Gasteiger partial charge on any atom is -0.353 e. The number of nitrogens with one attached hydrogen (secondary N) is 2. The van der Waals surface area contributed by atoms with Gasteiger partial charge in [-0.1, -0.05) is 0 Å². The highest BCUT2D eigenvalue weighted by molar-refractivity contribution is 5.85. The number of amides is 2. The number of halogens is 2. The monoisotopic (exact) mass is 340 g/mol. The fraction of sp³-hybridized carbons (Fsp3) is 0.846. The van der Waals surface area contributed by atoms with Gasteiger partial charge < -0.3 is 15.5 Å². The van der Waals surface area contributed by atoms with Crippen LogP contribution < -0.4 is 10.6 Å². The van der Waals surface area contributed by atoms with Gasteiger partial charge in [0.2, 0.25) is 11.8 Å². The number of carbonyl (C=O) groups is 2. The summed E-state index contributed by atoms with van der Waals surface area (Å²) in [6.07, 6.45) is 0. The Morgan fingerprint density at radius 1 is 1.14 bits per heavy atom. The fourth-order valence-corrected chi connectivity index (χ4v) is 2.42. The predicted molar refractivity (Wildman–Crippen MR) is 87.2 cm³/mol. The molecule has 0 spiro atoms. The molecule has 0 aliphatic carbocycles. The summed E-state index contributed by atoms with van der Waals surface area (Å²) in [6, 6.07) is 0.182. The van der Waals surface area contributed by atoms with E-state index in [-0.39, 0.29) is 48.6 Å². The Kier molecular flexibility index (Phi) is 9.20. The molecule has 2 rings (SSSR count). The van der Waals surface area contributed by atoms with Crippen LogP contribution in [0.15, 0.2) is 0 Å². The van der Waals surface area contributed by atoms with E-state index in [0.717, 1.165) is 39.3 Å². The van der Waals surface area contributed by atoms with Gasteiger partial charge in [-0.15, -0.1) is 24.8 Å². The Balaban J connectivity index is 0.00000200. The number of rotatable bonds is 4. The molecule has 2 N–H and O–H groups in total. The lowest BCUT2D eigenvalue weighted by Crippen LogP contribution is -2.57. The van der Waals surface area contributed by atoms with Gasteiger partial charge in [-0.3, -0.25) is 14.5 Å². The number of nitrogens with zero attached hydrogens (tertiary/aromatic N) is 2. The van der Waals surface area contributed by atoms with Crippen molar-refractivity contribution in [2.45, 2.75) is 19.9 Å². The van der Waals surface area contributed by atoms with Crippen molar-refractivity contribution in [2.75, 3.05) is 45.8 Å². The van der Waals surface area contributed by atoms with Crippen LogP contribution in [-0.2, 0) is 9.59 Å². The summed E-state index contributed by atoms with van der Waals surface area (Å²) < 4.78 is 0. The van der Waals surface area contributed by atoms with Crippen molar-refractivity contribution < 1.29 is 9.59 Å². The maximum atomic E-state index is 12.0. The van der Waals surface area contributed by atoms with Crippen molar-refractivity contribution in [3.05, 3.63) is 0 Å². The zero-order chi connectivity index (χ0) is 13.8. The van der Waals surface area contributed by atoms with Gasteiger partial charge in [-0.25, -0.2) is 0 Å². The van der Waals surface area contributed by atoms with Crippen LogP contribution in [0.5, 0.6) is 0 Å². The average Bonchev–Trinajstić information content (AvgIpc) is 2.26. The van der Waals surface area contributed by atoms with E-state index < -0.39 is 0 Å². The zero-order valence-corrected chi connectivity index (χ0v) is 14.3. The third kappa shape index (κ3) is 5.98. The zero-order valence-electron chi connectivity index (χ0n) is 12.6. The summed E-state index contributed by atoms with van der Waals surface area (Å²) in [7, 11) is 0. The van der Waals surface area contributed by atoms with Gasteiger partial charge in [0.1, 0.15) is 0 Å². The van der Waals surface area contributed by atoms with Crippen LogP contribution in [0.2, 0.25) is 0 Å². The van der Waals surface area contributed by atoms with E-state index in [0.29, 0.717) is 6.54 Å². The lowest BCUT2D eigenvalue weighted by Gasteiger charge is -2.38. The number of piperazine rings is 1. The second kappa shape index (κ2) is 9.46. The Morgan fingerprint density at radius 2 is 1.71 bits per heavy atom. The second-order valence-corrected chi connectivity index (χ2v) is 5.68. The van der Waals surface area contributed by atoms with Gasteiger partial charge in [0.05, 0.1) is 12.5 Å². The summed E-state index contributed by atoms with van der Waals surface area (Å²) in [4.78, 5) is 27.7. The smallest absolute Gasteiger partial charge is 0.234 e. The molecule has 124 valence electrons. The van der Waals surface area contributed by atoms with E-state index in [1.165, 1.54) is 0 Å². The Bertz CT molecular complexity index is 343. The van der Waals surface area contributed by atoms with E-state index in [1.54, 1.807) is 0 Å². The van der Waals surface area contributed by atoms with Crippen molar-refractivity contribution >= 4 is 36.6 Å². The van der Waals surface area contributed by atoms with Gasteiger partial charge in [-0.05, 0) is 13.8 Å². The second-order valence-electron chi connectivity index (χ2n) is 5.68. The van der Waals surface area contributed by atoms with Crippen LogP contribution in [0.3, 0.4) is 0 Å². The number of hydrogen-bond acceptors (Lipinski definition) is 4. The van der Waals surface area contributed by atoms with Crippen LogP contribution in [0.4, 0.5) is 0 Å². The lowest BCUT2D eigenvalue weighted by molar-refractivity contribution is -0.139. The van der Waals surface area contributed by atoms with Crippen molar-refractivity contribution in [1.82, 2.24) is 20.4 Å². The SMILES string of the molecule is CC(C)NC(=O)CN1CCN(C(=O)C2CNC2)CC1.Cl.Cl. The Labute approximate surface area is 138 Å². The van der Waals surface area contributed by atoms with Gasteiger partial charge in [0.25, 0.3) is 0 Å². The first-order valence-corrected chi connectivity index (χ1v) is 7.07. The molecule has 2 saturated heterocycles. The summed E-state index contributed by atoms with van der Waals surface area (Å²) in [5.74, 6) is 0.513. The van der Waals surface area contributed by atoms with Crippen molar-refractivity contribution in [1.29, 1.82) is 0 Å². The van der Waals surface area contributed by atoms with E-state index in [4.69, 9.17) is 0 Å². The minimum atomic E-state index is 0. The fourth-order valence-electron chi connectivity index (χ4n) is 2.42. The Hall–Kier alpha value is -0.560. The van der Waals surface area contributed by atoms with Crippen molar-refractivity contribution in [3.63, 3.8) is 0 Å². The van der Waals surface area contributed by atoms with Crippen molar-refractivity contribution in [2.24, 2.45) is 5.92 Å². The van der Waals surface area contributed by atoms with Gasteiger partial charge in [-0.2, -0.15) is 0 Å². The minimum absolute atomic E-state index is 0. The summed E-state index contributed by atoms with van der Waals surface area (Å²) in [5.41, 5.74) is 0. The van der Waals surface area contributed by atoms with Crippen LogP contribution in [0.25, 0.3) is 0 Å². The molecular weight excluding hydrogens is 315 g/mol. The first-order chi connectivity index (χ1) is 9.06. The molecule has 0 bridgehead atoms. The first kappa shape index (κ1) is 20.4. The topological polar surface area (TPSA) is 64.7 Å². The maximum Gasteiger partial charge on any atom is 0.234 e. The molecule has 0 aromatic rings. The van der Waals surface area contributed by atoms with E-state index >= 15 is 0 Å². The highest BCUT2D eigenvalue weighted by Gasteiger charge is 2.31. The van der Waals surface area contributed by atoms with E-state index in [1.807, 2.05) is 18.7 Å². The Morgan fingerprint density at radius 3 is 2.14 bits per heavy atom. The molecule has 8 heteroatoms. The molecule has 0 radical (unpaired) electrons. The number of carbonyl (C=O) groups excluding carboxylic acids is 2. The molecule has 0 unspecified atom stereocenters. The van der Waals surface area contributed by atoms with Crippen LogP contribution in [0.1, 0.15) is 13.8 Å². The molecular formula is C13H26Cl2N4O2.